The molecule has 100 valence electrons. The summed E-state index contributed by atoms with van der Waals surface area (Å²) in [5, 5.41) is 2.90. The van der Waals surface area contributed by atoms with Crippen LogP contribution < -0.4 is 14.8 Å². The predicted octanol–water partition coefficient (Wildman–Crippen LogP) is 2.38. The summed E-state index contributed by atoms with van der Waals surface area (Å²) in [7, 11) is 1.62. The zero-order chi connectivity index (χ0) is 13.4. The van der Waals surface area contributed by atoms with Gasteiger partial charge in [0.15, 0.2) is 0 Å². The number of nitrogens with one attached hydrogen (secondary N) is 1. The molecule has 0 aliphatic rings. The molecule has 0 bridgehead atoms. The Balaban J connectivity index is 2.26. The van der Waals surface area contributed by atoms with Crippen molar-refractivity contribution in [3.8, 4) is 11.5 Å². The number of carbonyl (C=O) groups is 1. The first kappa shape index (κ1) is 14.4. The highest BCUT2D eigenvalue weighted by Gasteiger charge is 2.05. The number of hydrogen-bond acceptors (Lipinski definition) is 3. The average Bonchev–Trinajstić information content (AvgIpc) is 2.39. The van der Waals surface area contributed by atoms with Crippen LogP contribution in [0.4, 0.5) is 0 Å². The molecule has 0 radical (unpaired) electrons. The van der Waals surface area contributed by atoms with Crippen LogP contribution in [0.5, 0.6) is 11.5 Å². The van der Waals surface area contributed by atoms with Crippen molar-refractivity contribution < 1.29 is 14.3 Å². The minimum Gasteiger partial charge on any atom is -0.497 e. The first-order valence-electron chi connectivity index (χ1n) is 6.22. The molecule has 0 aromatic heterocycles. The van der Waals surface area contributed by atoms with Gasteiger partial charge in [0.05, 0.1) is 20.1 Å². The molecule has 0 aliphatic carbocycles. The maximum atomic E-state index is 11.5. The standard InChI is InChI=1S/C14H21NO3/c1-4-11(2)15-14(16)9-10-18-13-7-5-12(17-3)6-8-13/h5-8,11H,4,9-10H2,1-3H3,(H,15,16). The summed E-state index contributed by atoms with van der Waals surface area (Å²) in [5.41, 5.74) is 0. The zero-order valence-electron chi connectivity index (χ0n) is 11.2. The van der Waals surface area contributed by atoms with Gasteiger partial charge in [-0.2, -0.15) is 0 Å². The lowest BCUT2D eigenvalue weighted by molar-refractivity contribution is -0.122. The van der Waals surface area contributed by atoms with Gasteiger partial charge in [0.25, 0.3) is 0 Å². The molecule has 1 unspecified atom stereocenters. The SMILES string of the molecule is CCC(C)NC(=O)CCOc1ccc(OC)cc1. The van der Waals surface area contributed by atoms with Crippen LogP contribution in [0.1, 0.15) is 26.7 Å². The van der Waals surface area contributed by atoms with Gasteiger partial charge in [-0.15, -0.1) is 0 Å². The van der Waals surface area contributed by atoms with Gasteiger partial charge >= 0.3 is 0 Å². The largest absolute Gasteiger partial charge is 0.497 e. The first-order valence-corrected chi connectivity index (χ1v) is 6.22. The molecule has 0 saturated carbocycles. The van der Waals surface area contributed by atoms with E-state index in [9.17, 15) is 4.79 Å². The highest BCUT2D eigenvalue weighted by molar-refractivity contribution is 5.76. The lowest BCUT2D eigenvalue weighted by Gasteiger charge is -2.11. The minimum absolute atomic E-state index is 0.0258. The van der Waals surface area contributed by atoms with Crippen LogP contribution in [0.3, 0.4) is 0 Å². The summed E-state index contributed by atoms with van der Waals surface area (Å²) in [6, 6.07) is 7.53. The Hall–Kier alpha value is -1.71. The smallest absolute Gasteiger partial charge is 0.223 e. The Labute approximate surface area is 108 Å². The van der Waals surface area contributed by atoms with Crippen LogP contribution in [0.2, 0.25) is 0 Å². The van der Waals surface area contributed by atoms with Crippen LogP contribution >= 0.6 is 0 Å². The summed E-state index contributed by atoms with van der Waals surface area (Å²) in [6.45, 7) is 4.41. The normalized spacial score (nSPS) is 11.7. The molecule has 1 atom stereocenters. The van der Waals surface area contributed by atoms with Crippen molar-refractivity contribution in [2.24, 2.45) is 0 Å². The van der Waals surface area contributed by atoms with Crippen LogP contribution in [0.15, 0.2) is 24.3 Å². The van der Waals surface area contributed by atoms with E-state index in [1.54, 1.807) is 7.11 Å². The third-order valence-electron chi connectivity index (χ3n) is 2.68. The van der Waals surface area contributed by atoms with Gasteiger partial charge in [0.2, 0.25) is 5.91 Å². The van der Waals surface area contributed by atoms with E-state index in [0.29, 0.717) is 13.0 Å². The van der Waals surface area contributed by atoms with E-state index < -0.39 is 0 Å². The van der Waals surface area contributed by atoms with Crippen molar-refractivity contribution in [1.29, 1.82) is 0 Å². The quantitative estimate of drug-likeness (QED) is 0.809. The lowest BCUT2D eigenvalue weighted by atomic mass is 10.2. The number of hydrogen-bond donors (Lipinski definition) is 1. The molecule has 4 nitrogen and oxygen atoms in total. The molecule has 0 spiro atoms. The molecule has 0 saturated heterocycles. The van der Waals surface area contributed by atoms with Crippen molar-refractivity contribution in [2.75, 3.05) is 13.7 Å². The monoisotopic (exact) mass is 251 g/mol. The molecule has 18 heavy (non-hydrogen) atoms. The van der Waals surface area contributed by atoms with E-state index in [1.807, 2.05) is 38.1 Å². The number of amides is 1. The van der Waals surface area contributed by atoms with Crippen molar-refractivity contribution in [3.05, 3.63) is 24.3 Å². The van der Waals surface area contributed by atoms with Gasteiger partial charge in [0.1, 0.15) is 11.5 Å². The van der Waals surface area contributed by atoms with Crippen LogP contribution in [0.25, 0.3) is 0 Å². The Morgan fingerprint density at radius 2 is 1.89 bits per heavy atom. The predicted molar refractivity (Wildman–Crippen MR) is 71.0 cm³/mol. The van der Waals surface area contributed by atoms with Gasteiger partial charge in [-0.25, -0.2) is 0 Å². The van der Waals surface area contributed by atoms with Gasteiger partial charge in [-0.05, 0) is 37.6 Å². The lowest BCUT2D eigenvalue weighted by Crippen LogP contribution is -2.32. The summed E-state index contributed by atoms with van der Waals surface area (Å²) in [6.07, 6.45) is 1.31. The molecule has 1 amide bonds. The molecule has 4 heteroatoms. The maximum Gasteiger partial charge on any atom is 0.223 e. The Morgan fingerprint density at radius 1 is 1.28 bits per heavy atom. The van der Waals surface area contributed by atoms with Gasteiger partial charge in [0, 0.05) is 6.04 Å². The molecular weight excluding hydrogens is 230 g/mol. The van der Waals surface area contributed by atoms with Crippen molar-refractivity contribution >= 4 is 5.91 Å². The van der Waals surface area contributed by atoms with Crippen LogP contribution in [-0.2, 0) is 4.79 Å². The van der Waals surface area contributed by atoms with Crippen molar-refractivity contribution in [3.63, 3.8) is 0 Å². The fourth-order valence-corrected chi connectivity index (χ4v) is 1.38. The van der Waals surface area contributed by atoms with Crippen LogP contribution in [0, 0.1) is 0 Å². The van der Waals surface area contributed by atoms with Crippen LogP contribution in [-0.4, -0.2) is 25.7 Å². The first-order chi connectivity index (χ1) is 8.65. The number of methoxy groups -OCH3 is 1. The Kier molecular flexibility index (Phi) is 6.05. The number of carbonyl (C=O) groups excluding carboxylic acids is 1. The summed E-state index contributed by atoms with van der Waals surface area (Å²) >= 11 is 0. The molecule has 0 aliphatic heterocycles. The van der Waals surface area contributed by atoms with E-state index in [-0.39, 0.29) is 11.9 Å². The summed E-state index contributed by atoms with van der Waals surface area (Å²) in [5.74, 6) is 1.56. The molecule has 1 N–H and O–H groups in total. The third-order valence-corrected chi connectivity index (χ3v) is 2.68. The van der Waals surface area contributed by atoms with Gasteiger partial charge in [-0.3, -0.25) is 4.79 Å². The number of benzene rings is 1. The van der Waals surface area contributed by atoms with E-state index in [4.69, 9.17) is 9.47 Å². The minimum atomic E-state index is 0.0258. The van der Waals surface area contributed by atoms with E-state index >= 15 is 0 Å². The molecule has 1 rings (SSSR count). The second-order valence-electron chi connectivity index (χ2n) is 4.15. The Morgan fingerprint density at radius 3 is 2.44 bits per heavy atom. The molecular formula is C14H21NO3. The molecule has 0 fully saturated rings. The second kappa shape index (κ2) is 7.58. The topological polar surface area (TPSA) is 47.6 Å². The fourth-order valence-electron chi connectivity index (χ4n) is 1.38. The summed E-state index contributed by atoms with van der Waals surface area (Å²) in [4.78, 5) is 11.5. The fraction of sp³-hybridized carbons (Fsp3) is 0.500. The number of rotatable bonds is 7. The molecule has 1 aromatic carbocycles. The highest BCUT2D eigenvalue weighted by Crippen LogP contribution is 2.16. The van der Waals surface area contributed by atoms with Gasteiger partial charge in [-0.1, -0.05) is 6.92 Å². The zero-order valence-corrected chi connectivity index (χ0v) is 11.2. The van der Waals surface area contributed by atoms with Crippen molar-refractivity contribution in [2.45, 2.75) is 32.7 Å². The maximum absolute atomic E-state index is 11.5. The second-order valence-corrected chi connectivity index (χ2v) is 4.15. The van der Waals surface area contributed by atoms with Crippen molar-refractivity contribution in [1.82, 2.24) is 5.32 Å². The molecule has 0 heterocycles. The van der Waals surface area contributed by atoms with E-state index in [1.165, 1.54) is 0 Å². The number of ether oxygens (including phenoxy) is 2. The third kappa shape index (κ3) is 5.08. The Bertz CT molecular complexity index is 362. The van der Waals surface area contributed by atoms with Gasteiger partial charge < -0.3 is 14.8 Å². The molecule has 1 aromatic rings. The van der Waals surface area contributed by atoms with E-state index in [2.05, 4.69) is 5.32 Å². The summed E-state index contributed by atoms with van der Waals surface area (Å²) < 4.78 is 10.5. The highest BCUT2D eigenvalue weighted by atomic mass is 16.5. The van der Waals surface area contributed by atoms with E-state index in [0.717, 1.165) is 17.9 Å². The average molecular weight is 251 g/mol.